The predicted molar refractivity (Wildman–Crippen MR) is 98.0 cm³/mol. The van der Waals surface area contributed by atoms with Crippen molar-refractivity contribution in [2.45, 2.75) is 11.1 Å². The van der Waals surface area contributed by atoms with E-state index in [1.807, 2.05) is 24.5 Å². The number of amides is 1. The summed E-state index contributed by atoms with van der Waals surface area (Å²) in [5.41, 5.74) is 1.00. The molecule has 1 fully saturated rings. The van der Waals surface area contributed by atoms with E-state index in [2.05, 4.69) is 4.98 Å². The van der Waals surface area contributed by atoms with Crippen LogP contribution in [0.4, 0.5) is 0 Å². The van der Waals surface area contributed by atoms with Crippen LogP contribution in [0, 0.1) is 0 Å². The van der Waals surface area contributed by atoms with E-state index >= 15 is 0 Å². The number of thioether (sulfide) groups is 1. The number of esters is 1. The van der Waals surface area contributed by atoms with E-state index in [0.29, 0.717) is 42.5 Å². The summed E-state index contributed by atoms with van der Waals surface area (Å²) in [6.45, 7) is 1.95. The average Bonchev–Trinajstić information content (AvgIpc) is 2.72. The summed E-state index contributed by atoms with van der Waals surface area (Å²) >= 11 is 1.36. The van der Waals surface area contributed by atoms with Gasteiger partial charge in [-0.05, 0) is 18.4 Å². The van der Waals surface area contributed by atoms with Gasteiger partial charge in [-0.25, -0.2) is 9.78 Å². The van der Waals surface area contributed by atoms with Crippen LogP contribution in [0.25, 0.3) is 0 Å². The maximum Gasteiger partial charge on any atom is 0.342 e. The number of hydrogen-bond acceptors (Lipinski definition) is 6. The predicted octanol–water partition coefficient (Wildman–Crippen LogP) is 2.56. The molecule has 0 saturated carbocycles. The molecule has 0 N–H and O–H groups in total. The first kappa shape index (κ1) is 18.4. The van der Waals surface area contributed by atoms with Gasteiger partial charge >= 0.3 is 5.97 Å². The summed E-state index contributed by atoms with van der Waals surface area (Å²) in [7, 11) is 0. The summed E-state index contributed by atoms with van der Waals surface area (Å²) in [6, 6.07) is 12.4. The van der Waals surface area contributed by atoms with Gasteiger partial charge in [0.2, 0.25) is 6.10 Å². The number of rotatable bonds is 5. The molecule has 136 valence electrons. The SMILES string of the molecule is CSc1ncccc1C(=O)OC(C(=O)N1CCOCC1)c1ccccc1. The van der Waals surface area contributed by atoms with Crippen LogP contribution in [-0.2, 0) is 14.3 Å². The molecular weight excluding hydrogens is 352 g/mol. The molecule has 3 rings (SSSR count). The second-order valence-electron chi connectivity index (χ2n) is 5.69. The van der Waals surface area contributed by atoms with Gasteiger partial charge in [-0.2, -0.15) is 0 Å². The standard InChI is InChI=1S/C19H20N2O4S/c1-26-17-15(8-5-9-20-17)19(23)25-16(14-6-3-2-4-7-14)18(22)21-10-12-24-13-11-21/h2-9,16H,10-13H2,1H3. The molecule has 0 spiro atoms. The van der Waals surface area contributed by atoms with Crippen LogP contribution in [0.15, 0.2) is 53.7 Å². The van der Waals surface area contributed by atoms with E-state index in [9.17, 15) is 9.59 Å². The van der Waals surface area contributed by atoms with Crippen LogP contribution in [0.5, 0.6) is 0 Å². The lowest BCUT2D eigenvalue weighted by atomic mass is 10.1. The van der Waals surface area contributed by atoms with Crippen molar-refractivity contribution < 1.29 is 19.1 Å². The molecule has 0 radical (unpaired) electrons. The lowest BCUT2D eigenvalue weighted by Gasteiger charge is -2.30. The van der Waals surface area contributed by atoms with E-state index in [4.69, 9.17) is 9.47 Å². The third-order valence-corrected chi connectivity index (χ3v) is 4.77. The first-order valence-electron chi connectivity index (χ1n) is 8.32. The highest BCUT2D eigenvalue weighted by Crippen LogP contribution is 2.25. The Morgan fingerprint density at radius 2 is 1.88 bits per heavy atom. The maximum absolute atomic E-state index is 13.0. The Labute approximate surface area is 156 Å². The normalized spacial score (nSPS) is 15.3. The van der Waals surface area contributed by atoms with Gasteiger partial charge in [-0.1, -0.05) is 30.3 Å². The van der Waals surface area contributed by atoms with Gasteiger partial charge in [0.15, 0.2) is 0 Å². The van der Waals surface area contributed by atoms with Crippen molar-refractivity contribution in [3.8, 4) is 0 Å². The maximum atomic E-state index is 13.0. The molecule has 1 aliphatic heterocycles. The molecule has 2 aromatic rings. The van der Waals surface area contributed by atoms with E-state index in [0.717, 1.165) is 0 Å². The molecule has 1 saturated heterocycles. The Morgan fingerprint density at radius 3 is 2.58 bits per heavy atom. The summed E-state index contributed by atoms with van der Waals surface area (Å²) in [5, 5.41) is 0.572. The molecule has 0 aliphatic carbocycles. The van der Waals surface area contributed by atoms with Crippen LogP contribution < -0.4 is 0 Å². The van der Waals surface area contributed by atoms with Crippen molar-refractivity contribution in [3.63, 3.8) is 0 Å². The summed E-state index contributed by atoms with van der Waals surface area (Å²) in [4.78, 5) is 31.6. The number of morpholine rings is 1. The number of nitrogens with zero attached hydrogens (tertiary/aromatic N) is 2. The van der Waals surface area contributed by atoms with Gasteiger partial charge in [-0.3, -0.25) is 4.79 Å². The van der Waals surface area contributed by atoms with Gasteiger partial charge in [0.05, 0.1) is 18.8 Å². The monoisotopic (exact) mass is 372 g/mol. The Balaban J connectivity index is 1.86. The highest BCUT2D eigenvalue weighted by molar-refractivity contribution is 7.98. The summed E-state index contributed by atoms with van der Waals surface area (Å²) < 4.78 is 11.0. The molecule has 6 nitrogen and oxygen atoms in total. The Hall–Kier alpha value is -2.38. The number of aromatic nitrogens is 1. The van der Waals surface area contributed by atoms with Crippen molar-refractivity contribution in [1.82, 2.24) is 9.88 Å². The van der Waals surface area contributed by atoms with E-state index in [1.54, 1.807) is 35.4 Å². The topological polar surface area (TPSA) is 68.7 Å². The Morgan fingerprint density at radius 1 is 1.15 bits per heavy atom. The molecule has 1 amide bonds. The van der Waals surface area contributed by atoms with E-state index in [1.165, 1.54) is 11.8 Å². The number of ether oxygens (including phenoxy) is 2. The van der Waals surface area contributed by atoms with Crippen molar-refractivity contribution in [2.75, 3.05) is 32.6 Å². The van der Waals surface area contributed by atoms with Crippen LogP contribution in [-0.4, -0.2) is 54.3 Å². The molecule has 1 aromatic carbocycles. The number of benzene rings is 1. The largest absolute Gasteiger partial charge is 0.444 e. The van der Waals surface area contributed by atoms with Crippen LogP contribution in [0.1, 0.15) is 22.0 Å². The lowest BCUT2D eigenvalue weighted by molar-refractivity contribution is -0.145. The average molecular weight is 372 g/mol. The van der Waals surface area contributed by atoms with Gasteiger partial charge in [0.1, 0.15) is 5.03 Å². The zero-order valence-electron chi connectivity index (χ0n) is 14.5. The molecule has 1 unspecified atom stereocenters. The van der Waals surface area contributed by atoms with Crippen molar-refractivity contribution in [3.05, 3.63) is 59.8 Å². The molecule has 0 bridgehead atoms. The van der Waals surface area contributed by atoms with Crippen molar-refractivity contribution in [1.29, 1.82) is 0 Å². The molecule has 2 heterocycles. The van der Waals surface area contributed by atoms with E-state index in [-0.39, 0.29) is 5.91 Å². The summed E-state index contributed by atoms with van der Waals surface area (Å²) in [6.07, 6.45) is 2.47. The fourth-order valence-electron chi connectivity index (χ4n) is 2.72. The van der Waals surface area contributed by atoms with Gasteiger partial charge < -0.3 is 14.4 Å². The van der Waals surface area contributed by atoms with E-state index < -0.39 is 12.1 Å². The van der Waals surface area contributed by atoms with Crippen LogP contribution >= 0.6 is 11.8 Å². The first-order chi connectivity index (χ1) is 12.7. The number of hydrogen-bond donors (Lipinski definition) is 0. The molecule has 1 aliphatic rings. The molecular formula is C19H20N2O4S. The van der Waals surface area contributed by atoms with Gasteiger partial charge in [0, 0.05) is 24.8 Å². The minimum atomic E-state index is -0.989. The quantitative estimate of drug-likeness (QED) is 0.594. The third-order valence-electron chi connectivity index (χ3n) is 4.06. The highest BCUT2D eigenvalue weighted by atomic mass is 32.2. The number of carbonyl (C=O) groups is 2. The van der Waals surface area contributed by atoms with Crippen LogP contribution in [0.2, 0.25) is 0 Å². The lowest BCUT2D eigenvalue weighted by Crippen LogP contribution is -2.44. The zero-order chi connectivity index (χ0) is 18.4. The van der Waals surface area contributed by atoms with Crippen molar-refractivity contribution in [2.24, 2.45) is 0 Å². The van der Waals surface area contributed by atoms with Crippen LogP contribution in [0.3, 0.4) is 0 Å². The molecule has 1 aromatic heterocycles. The Kier molecular flexibility index (Phi) is 6.25. The fourth-order valence-corrected chi connectivity index (χ4v) is 3.26. The number of pyridine rings is 1. The van der Waals surface area contributed by atoms with Gasteiger partial charge in [-0.15, -0.1) is 11.8 Å². The number of carbonyl (C=O) groups excluding carboxylic acids is 2. The molecule has 7 heteroatoms. The molecule has 1 atom stereocenters. The first-order valence-corrected chi connectivity index (χ1v) is 9.54. The third kappa shape index (κ3) is 4.23. The minimum absolute atomic E-state index is 0.234. The van der Waals surface area contributed by atoms with Crippen molar-refractivity contribution >= 4 is 23.6 Å². The smallest absolute Gasteiger partial charge is 0.342 e. The summed E-state index contributed by atoms with van der Waals surface area (Å²) in [5.74, 6) is -0.791. The van der Waals surface area contributed by atoms with Gasteiger partial charge in [0.25, 0.3) is 5.91 Å². The second kappa shape index (κ2) is 8.82. The Bertz CT molecular complexity index is 763. The molecule has 26 heavy (non-hydrogen) atoms. The fraction of sp³-hybridized carbons (Fsp3) is 0.316. The minimum Gasteiger partial charge on any atom is -0.444 e. The second-order valence-corrected chi connectivity index (χ2v) is 6.49. The highest BCUT2D eigenvalue weighted by Gasteiger charge is 2.31. The zero-order valence-corrected chi connectivity index (χ0v) is 15.3.